The molecule has 0 saturated carbocycles. The molecule has 0 radical (unpaired) electrons. The van der Waals surface area contributed by atoms with E-state index in [1.54, 1.807) is 11.3 Å². The van der Waals surface area contributed by atoms with Crippen molar-refractivity contribution in [2.75, 3.05) is 0 Å². The molecule has 1 unspecified atom stereocenters. The van der Waals surface area contributed by atoms with Gasteiger partial charge in [0.25, 0.3) is 5.89 Å². The highest BCUT2D eigenvalue weighted by molar-refractivity contribution is 7.13. The van der Waals surface area contributed by atoms with E-state index in [1.807, 2.05) is 43.5 Å². The van der Waals surface area contributed by atoms with E-state index < -0.39 is 0 Å². The van der Waals surface area contributed by atoms with Gasteiger partial charge in [0.05, 0.1) is 4.88 Å². The molecule has 2 heterocycles. The van der Waals surface area contributed by atoms with Crippen LogP contribution in [0.15, 0.2) is 46.2 Å². The van der Waals surface area contributed by atoms with Crippen LogP contribution in [0.25, 0.3) is 10.8 Å². The summed E-state index contributed by atoms with van der Waals surface area (Å²) in [4.78, 5) is 13.1. The van der Waals surface area contributed by atoms with Crippen LogP contribution < -0.4 is 5.32 Å². The van der Waals surface area contributed by atoms with E-state index in [2.05, 4.69) is 27.6 Å². The molecule has 3 rings (SSSR count). The van der Waals surface area contributed by atoms with E-state index in [1.165, 1.54) is 5.56 Å². The first-order chi connectivity index (χ1) is 12.1. The van der Waals surface area contributed by atoms with Crippen LogP contribution in [0.5, 0.6) is 0 Å². The second-order valence-electron chi connectivity index (χ2n) is 6.10. The largest absolute Gasteiger partial charge is 0.419 e. The molecule has 1 atom stereocenters. The highest BCUT2D eigenvalue weighted by atomic mass is 32.1. The first kappa shape index (κ1) is 17.4. The monoisotopic (exact) mass is 355 g/mol. The van der Waals surface area contributed by atoms with E-state index in [9.17, 15) is 4.79 Å². The van der Waals surface area contributed by atoms with Crippen molar-refractivity contribution >= 4 is 17.2 Å². The molecule has 0 bridgehead atoms. The van der Waals surface area contributed by atoms with Crippen molar-refractivity contribution in [3.63, 3.8) is 0 Å². The summed E-state index contributed by atoms with van der Waals surface area (Å²) in [5.41, 5.74) is 2.37. The van der Waals surface area contributed by atoms with Crippen molar-refractivity contribution < 1.29 is 9.21 Å². The van der Waals surface area contributed by atoms with Gasteiger partial charge in [-0.3, -0.25) is 4.79 Å². The van der Waals surface area contributed by atoms with E-state index in [0.29, 0.717) is 11.8 Å². The van der Waals surface area contributed by atoms with Crippen LogP contribution in [0.4, 0.5) is 0 Å². The standard InChI is InChI=1S/C19H21N3O2S/c1-13-10-11-25-18(13)19-22-21-17(24-19)12-16(23)20-14(2)8-9-15-6-4-3-5-7-15/h3-7,10-11,14H,8-9,12H2,1-2H3,(H,20,23). The van der Waals surface area contributed by atoms with Gasteiger partial charge in [0.2, 0.25) is 11.8 Å². The molecule has 3 aromatic rings. The summed E-state index contributed by atoms with van der Waals surface area (Å²) in [5.74, 6) is 0.724. The van der Waals surface area contributed by atoms with E-state index in [0.717, 1.165) is 23.3 Å². The highest BCUT2D eigenvalue weighted by Crippen LogP contribution is 2.27. The van der Waals surface area contributed by atoms with Crippen LogP contribution in [0.2, 0.25) is 0 Å². The minimum atomic E-state index is -0.0985. The van der Waals surface area contributed by atoms with Gasteiger partial charge in [-0.25, -0.2) is 0 Å². The zero-order valence-electron chi connectivity index (χ0n) is 14.4. The number of nitrogens with one attached hydrogen (secondary N) is 1. The summed E-state index contributed by atoms with van der Waals surface area (Å²) in [7, 11) is 0. The minimum absolute atomic E-state index is 0.0923. The Morgan fingerprint density at radius 3 is 2.76 bits per heavy atom. The molecule has 1 N–H and O–H groups in total. The Morgan fingerprint density at radius 2 is 2.04 bits per heavy atom. The molecule has 0 aliphatic heterocycles. The van der Waals surface area contributed by atoms with Gasteiger partial charge in [0.15, 0.2) is 0 Å². The topological polar surface area (TPSA) is 68.0 Å². The van der Waals surface area contributed by atoms with Crippen LogP contribution in [0, 0.1) is 6.92 Å². The Labute approximate surface area is 151 Å². The number of aryl methyl sites for hydroxylation is 2. The zero-order valence-corrected chi connectivity index (χ0v) is 15.2. The van der Waals surface area contributed by atoms with Crippen molar-refractivity contribution in [1.82, 2.24) is 15.5 Å². The summed E-state index contributed by atoms with van der Waals surface area (Å²) < 4.78 is 5.62. The molecule has 1 amide bonds. The number of thiophene rings is 1. The summed E-state index contributed by atoms with van der Waals surface area (Å²) in [6, 6.07) is 12.4. The number of aromatic nitrogens is 2. The molecule has 5 nitrogen and oxygen atoms in total. The average Bonchev–Trinajstić information content (AvgIpc) is 3.22. The van der Waals surface area contributed by atoms with Crippen LogP contribution in [-0.2, 0) is 17.6 Å². The Hall–Kier alpha value is -2.47. The fourth-order valence-corrected chi connectivity index (χ4v) is 3.42. The van der Waals surface area contributed by atoms with Crippen molar-refractivity contribution in [1.29, 1.82) is 0 Å². The fourth-order valence-electron chi connectivity index (χ4n) is 2.57. The SMILES string of the molecule is Cc1ccsc1-c1nnc(CC(=O)NC(C)CCc2ccccc2)o1. The molecule has 0 fully saturated rings. The number of carbonyl (C=O) groups excluding carboxylic acids is 1. The summed E-state index contributed by atoms with van der Waals surface area (Å²) in [6.45, 7) is 4.01. The Morgan fingerprint density at radius 1 is 1.24 bits per heavy atom. The van der Waals surface area contributed by atoms with Crippen molar-refractivity contribution in [2.45, 2.75) is 39.2 Å². The maximum absolute atomic E-state index is 12.2. The van der Waals surface area contributed by atoms with Crippen LogP contribution in [0.1, 0.15) is 30.4 Å². The molecule has 0 aliphatic rings. The smallest absolute Gasteiger partial charge is 0.258 e. The average molecular weight is 355 g/mol. The summed E-state index contributed by atoms with van der Waals surface area (Å²) in [6.07, 6.45) is 1.93. The van der Waals surface area contributed by atoms with E-state index in [-0.39, 0.29) is 18.4 Å². The van der Waals surface area contributed by atoms with Gasteiger partial charge < -0.3 is 9.73 Å². The van der Waals surface area contributed by atoms with Gasteiger partial charge in [0.1, 0.15) is 6.42 Å². The number of amides is 1. The molecule has 0 spiro atoms. The molecule has 130 valence electrons. The predicted octanol–water partition coefficient (Wildman–Crippen LogP) is 3.79. The lowest BCUT2D eigenvalue weighted by molar-refractivity contribution is -0.121. The lowest BCUT2D eigenvalue weighted by Crippen LogP contribution is -2.34. The lowest BCUT2D eigenvalue weighted by atomic mass is 10.1. The van der Waals surface area contributed by atoms with Gasteiger partial charge in [-0.2, -0.15) is 0 Å². The molecule has 6 heteroatoms. The van der Waals surface area contributed by atoms with Gasteiger partial charge >= 0.3 is 0 Å². The number of hydrogen-bond acceptors (Lipinski definition) is 5. The first-order valence-corrected chi connectivity index (χ1v) is 9.20. The van der Waals surface area contributed by atoms with Crippen LogP contribution in [-0.4, -0.2) is 22.1 Å². The fraction of sp³-hybridized carbons (Fsp3) is 0.316. The van der Waals surface area contributed by atoms with E-state index >= 15 is 0 Å². The first-order valence-electron chi connectivity index (χ1n) is 8.32. The number of benzene rings is 1. The quantitative estimate of drug-likeness (QED) is 0.700. The highest BCUT2D eigenvalue weighted by Gasteiger charge is 2.15. The third kappa shape index (κ3) is 4.76. The molecular weight excluding hydrogens is 334 g/mol. The maximum Gasteiger partial charge on any atom is 0.258 e. The molecule has 25 heavy (non-hydrogen) atoms. The molecular formula is C19H21N3O2S. The minimum Gasteiger partial charge on any atom is -0.419 e. The molecule has 0 aliphatic carbocycles. The number of carbonyl (C=O) groups is 1. The Kier molecular flexibility index (Phi) is 5.60. The number of rotatable bonds is 7. The molecule has 0 saturated heterocycles. The summed E-state index contributed by atoms with van der Waals surface area (Å²) in [5, 5.41) is 13.0. The van der Waals surface area contributed by atoms with Gasteiger partial charge in [0, 0.05) is 6.04 Å². The Bertz CT molecular complexity index is 826. The van der Waals surface area contributed by atoms with Crippen LogP contribution in [0.3, 0.4) is 0 Å². The molecule has 1 aromatic carbocycles. The van der Waals surface area contributed by atoms with E-state index in [4.69, 9.17) is 4.42 Å². The molecule has 2 aromatic heterocycles. The number of hydrogen-bond donors (Lipinski definition) is 1. The van der Waals surface area contributed by atoms with Gasteiger partial charge in [-0.05, 0) is 49.3 Å². The normalized spacial score (nSPS) is 12.1. The van der Waals surface area contributed by atoms with Gasteiger partial charge in [-0.1, -0.05) is 30.3 Å². The van der Waals surface area contributed by atoms with Crippen molar-refractivity contribution in [2.24, 2.45) is 0 Å². The zero-order chi connectivity index (χ0) is 17.6. The second kappa shape index (κ2) is 8.07. The lowest BCUT2D eigenvalue weighted by Gasteiger charge is -2.13. The third-order valence-electron chi connectivity index (χ3n) is 3.95. The third-order valence-corrected chi connectivity index (χ3v) is 4.96. The Balaban J connectivity index is 1.49. The van der Waals surface area contributed by atoms with Crippen molar-refractivity contribution in [3.8, 4) is 10.8 Å². The maximum atomic E-state index is 12.2. The predicted molar refractivity (Wildman–Crippen MR) is 98.4 cm³/mol. The summed E-state index contributed by atoms with van der Waals surface area (Å²) >= 11 is 1.55. The van der Waals surface area contributed by atoms with Gasteiger partial charge in [-0.15, -0.1) is 21.5 Å². The van der Waals surface area contributed by atoms with Crippen LogP contribution >= 0.6 is 11.3 Å². The number of nitrogens with zero attached hydrogens (tertiary/aromatic N) is 2. The van der Waals surface area contributed by atoms with Crippen molar-refractivity contribution in [3.05, 3.63) is 58.8 Å². The second-order valence-corrected chi connectivity index (χ2v) is 7.02.